The van der Waals surface area contributed by atoms with Gasteiger partial charge in [-0.1, -0.05) is 12.1 Å². The summed E-state index contributed by atoms with van der Waals surface area (Å²) in [6, 6.07) is 7.25. The van der Waals surface area contributed by atoms with Crippen molar-refractivity contribution in [3.05, 3.63) is 24.3 Å². The van der Waals surface area contributed by atoms with Crippen LogP contribution in [0, 0.1) is 0 Å². The monoisotopic (exact) mass is 414 g/mol. The summed E-state index contributed by atoms with van der Waals surface area (Å²) < 4.78 is 31.6. The number of halogens is 1. The Morgan fingerprint density at radius 2 is 1.12 bits per heavy atom. The first-order chi connectivity index (χ1) is 5.80. The zero-order chi connectivity index (χ0) is 10.5. The van der Waals surface area contributed by atoms with Gasteiger partial charge in [0.25, 0.3) is 0 Å². The molecule has 6 nitrogen and oxygen atoms in total. The molecule has 10 heteroatoms. The maximum absolute atomic E-state index is 8.74. The van der Waals surface area contributed by atoms with E-state index < -0.39 is 10.4 Å². The van der Waals surface area contributed by atoms with Crippen LogP contribution < -0.4 is 11.5 Å². The number of para-hydroxylation sites is 2. The van der Waals surface area contributed by atoms with E-state index in [9.17, 15) is 0 Å². The molecule has 1 aromatic carbocycles. The van der Waals surface area contributed by atoms with E-state index in [-0.39, 0.29) is 127 Å². The second-order valence-corrected chi connectivity index (χ2v) is 2.97. The summed E-state index contributed by atoms with van der Waals surface area (Å²) >= 11 is 0. The Kier molecular flexibility index (Phi) is 23.9. The van der Waals surface area contributed by atoms with Crippen LogP contribution in [0.3, 0.4) is 0 Å². The van der Waals surface area contributed by atoms with E-state index in [0.717, 1.165) is 0 Å². The number of hydrogen-bond donors (Lipinski definition) is 4. The molecule has 0 fully saturated rings. The molecule has 0 aliphatic rings. The minimum absolute atomic E-state index is 0. The van der Waals surface area contributed by atoms with Crippen LogP contribution in [0.5, 0.6) is 0 Å². The SMILES string of the molecule is I.Nc1ccccc1N.O=S(=O)(O)O.[KH].[KH]. The van der Waals surface area contributed by atoms with Gasteiger partial charge in [0.1, 0.15) is 0 Å². The van der Waals surface area contributed by atoms with Gasteiger partial charge in [0.05, 0.1) is 11.4 Å². The number of benzene rings is 1. The van der Waals surface area contributed by atoms with E-state index in [1.165, 1.54) is 0 Å². The van der Waals surface area contributed by atoms with Gasteiger partial charge in [0.2, 0.25) is 0 Å². The van der Waals surface area contributed by atoms with Gasteiger partial charge in [-0.05, 0) is 12.1 Å². The third-order valence-corrected chi connectivity index (χ3v) is 0.996. The van der Waals surface area contributed by atoms with Crippen molar-refractivity contribution in [2.24, 2.45) is 0 Å². The zero-order valence-electron chi connectivity index (χ0n) is 6.99. The first kappa shape index (κ1) is 27.1. The van der Waals surface area contributed by atoms with Crippen molar-refractivity contribution in [2.45, 2.75) is 0 Å². The molecule has 0 heterocycles. The van der Waals surface area contributed by atoms with Gasteiger partial charge in [-0.25, -0.2) is 0 Å². The zero-order valence-corrected chi connectivity index (χ0v) is 10.1. The van der Waals surface area contributed by atoms with Gasteiger partial charge in [-0.3, -0.25) is 9.11 Å². The predicted molar refractivity (Wildman–Crippen MR) is 79.2 cm³/mol. The molecule has 1 rings (SSSR count). The molecule has 0 aliphatic carbocycles. The van der Waals surface area contributed by atoms with Gasteiger partial charge in [-0.15, -0.1) is 24.0 Å². The maximum atomic E-state index is 8.74. The molecule has 0 atom stereocenters. The Balaban J connectivity index is -0.0000000818. The number of nitrogens with two attached hydrogens (primary N) is 2. The third kappa shape index (κ3) is 21.9. The fourth-order valence-electron chi connectivity index (χ4n) is 0.511. The summed E-state index contributed by atoms with van der Waals surface area (Å²) in [7, 11) is -4.67. The van der Waals surface area contributed by atoms with Crippen LogP contribution in [-0.2, 0) is 10.4 Å². The molecule has 0 aliphatic heterocycles. The summed E-state index contributed by atoms with van der Waals surface area (Å²) in [5.41, 5.74) is 12.1. The summed E-state index contributed by atoms with van der Waals surface area (Å²) in [4.78, 5) is 0. The van der Waals surface area contributed by atoms with Crippen LogP contribution in [0.4, 0.5) is 11.4 Å². The minimum atomic E-state index is -4.67. The molecule has 0 saturated carbocycles. The molecular weight excluding hydrogens is 401 g/mol. The van der Waals surface area contributed by atoms with Crippen LogP contribution in [0.1, 0.15) is 0 Å². The molecule has 0 amide bonds. The van der Waals surface area contributed by atoms with Crippen molar-refractivity contribution >= 4 is 149 Å². The van der Waals surface area contributed by atoms with E-state index >= 15 is 0 Å². The molecule has 1 aromatic rings. The van der Waals surface area contributed by atoms with Gasteiger partial charge < -0.3 is 11.5 Å². The molecule has 0 aromatic heterocycles. The number of hydrogen-bond acceptors (Lipinski definition) is 4. The molecule has 0 bridgehead atoms. The Morgan fingerprint density at radius 1 is 0.938 bits per heavy atom. The van der Waals surface area contributed by atoms with E-state index in [0.29, 0.717) is 11.4 Å². The third-order valence-electron chi connectivity index (χ3n) is 0.996. The van der Waals surface area contributed by atoms with Gasteiger partial charge in [0.15, 0.2) is 0 Å². The Morgan fingerprint density at radius 3 is 1.25 bits per heavy atom. The molecular formula is C6H13IK2N2O4S. The Bertz CT molecular complexity index is 348. The average Bonchev–Trinajstić information content (AvgIpc) is 1.92. The van der Waals surface area contributed by atoms with E-state index in [4.69, 9.17) is 29.0 Å². The second-order valence-electron chi connectivity index (χ2n) is 2.08. The van der Waals surface area contributed by atoms with Gasteiger partial charge in [-0.2, -0.15) is 8.42 Å². The van der Waals surface area contributed by atoms with E-state index in [1.54, 1.807) is 12.1 Å². The van der Waals surface area contributed by atoms with Gasteiger partial charge in [0, 0.05) is 0 Å². The van der Waals surface area contributed by atoms with Crippen molar-refractivity contribution in [2.75, 3.05) is 11.5 Å². The number of rotatable bonds is 0. The fourth-order valence-corrected chi connectivity index (χ4v) is 0.511. The molecule has 86 valence electrons. The summed E-state index contributed by atoms with van der Waals surface area (Å²) in [5, 5.41) is 0. The second kappa shape index (κ2) is 14.1. The van der Waals surface area contributed by atoms with Crippen LogP contribution in [-0.4, -0.2) is 120 Å². The number of nitrogen functional groups attached to an aromatic ring is 2. The number of anilines is 2. The molecule has 0 spiro atoms. The summed E-state index contributed by atoms with van der Waals surface area (Å²) in [6.07, 6.45) is 0. The average molecular weight is 414 g/mol. The van der Waals surface area contributed by atoms with Crippen molar-refractivity contribution in [1.29, 1.82) is 0 Å². The molecule has 0 radical (unpaired) electrons. The first-order valence-electron chi connectivity index (χ1n) is 3.10. The Hall–Kier alpha value is 2.69. The summed E-state index contributed by atoms with van der Waals surface area (Å²) in [5.74, 6) is 0. The van der Waals surface area contributed by atoms with Crippen LogP contribution in [0.15, 0.2) is 24.3 Å². The predicted octanol–water partition coefficient (Wildman–Crippen LogP) is -0.481. The van der Waals surface area contributed by atoms with Crippen LogP contribution in [0.25, 0.3) is 0 Å². The van der Waals surface area contributed by atoms with Crippen molar-refractivity contribution in [1.82, 2.24) is 0 Å². The first-order valence-corrected chi connectivity index (χ1v) is 4.50. The Labute approximate surface area is 197 Å². The quantitative estimate of drug-likeness (QED) is 0.197. The molecule has 6 N–H and O–H groups in total. The standard InChI is InChI=1S/C6H8N2.HI.2K.H2O4S.2H/c7-5-3-1-2-4-6(5)8;;;;1-5(2,3)4;;/h1-4H,7-8H2;1H;;;(H2,1,2,3,4);;. The van der Waals surface area contributed by atoms with Crippen molar-refractivity contribution in [3.8, 4) is 0 Å². The normalized spacial score (nSPS) is 8.12. The van der Waals surface area contributed by atoms with Crippen molar-refractivity contribution in [3.63, 3.8) is 0 Å². The van der Waals surface area contributed by atoms with E-state index in [2.05, 4.69) is 0 Å². The fraction of sp³-hybridized carbons (Fsp3) is 0. The molecule has 16 heavy (non-hydrogen) atoms. The van der Waals surface area contributed by atoms with Crippen LogP contribution in [0.2, 0.25) is 0 Å². The molecule has 0 saturated heterocycles. The molecule has 0 unspecified atom stereocenters. The van der Waals surface area contributed by atoms with Crippen molar-refractivity contribution < 1.29 is 17.5 Å². The summed E-state index contributed by atoms with van der Waals surface area (Å²) in [6.45, 7) is 0. The topological polar surface area (TPSA) is 127 Å². The van der Waals surface area contributed by atoms with Gasteiger partial charge >= 0.3 is 113 Å². The van der Waals surface area contributed by atoms with E-state index in [1.807, 2.05) is 12.1 Å². The van der Waals surface area contributed by atoms with Crippen LogP contribution >= 0.6 is 24.0 Å².